The van der Waals surface area contributed by atoms with Crippen molar-refractivity contribution in [3.05, 3.63) is 34.6 Å². The van der Waals surface area contributed by atoms with Crippen LogP contribution >= 0.6 is 11.6 Å². The molecule has 1 aromatic rings. The van der Waals surface area contributed by atoms with E-state index in [0.717, 1.165) is 26.0 Å². The Morgan fingerprint density at radius 3 is 3.00 bits per heavy atom. The van der Waals surface area contributed by atoms with Crippen molar-refractivity contribution < 1.29 is 9.13 Å². The molecule has 1 heterocycles. The van der Waals surface area contributed by atoms with Crippen molar-refractivity contribution in [3.63, 3.8) is 0 Å². The van der Waals surface area contributed by atoms with Crippen molar-refractivity contribution in [1.29, 1.82) is 0 Å². The fraction of sp³-hybridized carbons (Fsp3) is 0.538. The summed E-state index contributed by atoms with van der Waals surface area (Å²) in [5.41, 5.74) is 0.541. The second kappa shape index (κ2) is 5.34. The van der Waals surface area contributed by atoms with Gasteiger partial charge in [-0.2, -0.15) is 0 Å². The smallest absolute Gasteiger partial charge is 0.129 e. The molecule has 1 fully saturated rings. The minimum absolute atomic E-state index is 0.0943. The first kappa shape index (κ1) is 12.8. The standard InChI is InChI=1S/C13H17ClFNO/c1-13(5-2-6-17-13)9-16-8-10-3-4-11(14)7-12(10)15/h3-4,7,16H,2,5-6,8-9H2,1H3. The van der Waals surface area contributed by atoms with Crippen LogP contribution in [0.15, 0.2) is 18.2 Å². The van der Waals surface area contributed by atoms with Crippen molar-refractivity contribution >= 4 is 11.6 Å². The Bertz CT molecular complexity index is 391. The maximum absolute atomic E-state index is 13.5. The quantitative estimate of drug-likeness (QED) is 0.895. The molecule has 2 nitrogen and oxygen atoms in total. The lowest BCUT2D eigenvalue weighted by molar-refractivity contribution is 0.0206. The second-order valence-corrected chi connectivity index (χ2v) is 5.18. The first-order valence-electron chi connectivity index (χ1n) is 5.88. The minimum atomic E-state index is -0.262. The summed E-state index contributed by atoms with van der Waals surface area (Å²) in [6.45, 7) is 4.16. The molecule has 1 aliphatic rings. The van der Waals surface area contributed by atoms with E-state index >= 15 is 0 Å². The monoisotopic (exact) mass is 257 g/mol. The molecule has 0 radical (unpaired) electrons. The maximum Gasteiger partial charge on any atom is 0.129 e. The van der Waals surface area contributed by atoms with Crippen LogP contribution in [-0.4, -0.2) is 18.8 Å². The third-order valence-corrected chi connectivity index (χ3v) is 3.37. The first-order valence-corrected chi connectivity index (χ1v) is 6.25. The van der Waals surface area contributed by atoms with Crippen molar-refractivity contribution in [2.75, 3.05) is 13.2 Å². The van der Waals surface area contributed by atoms with E-state index in [0.29, 0.717) is 17.1 Å². The molecule has 1 aromatic carbocycles. The zero-order chi connectivity index (χ0) is 12.3. The average molecular weight is 258 g/mol. The topological polar surface area (TPSA) is 21.3 Å². The SMILES string of the molecule is CC1(CNCc2ccc(Cl)cc2F)CCCO1. The molecule has 0 amide bonds. The fourth-order valence-corrected chi connectivity index (χ4v) is 2.26. The van der Waals surface area contributed by atoms with Gasteiger partial charge in [-0.3, -0.25) is 0 Å². The molecule has 0 aromatic heterocycles. The number of ether oxygens (including phenoxy) is 1. The molecule has 1 atom stereocenters. The van der Waals surface area contributed by atoms with Crippen LogP contribution in [0.25, 0.3) is 0 Å². The van der Waals surface area contributed by atoms with Gasteiger partial charge in [0.25, 0.3) is 0 Å². The summed E-state index contributed by atoms with van der Waals surface area (Å²) in [6.07, 6.45) is 2.16. The summed E-state index contributed by atoms with van der Waals surface area (Å²) in [6, 6.07) is 4.75. The molecule has 0 saturated carbocycles. The zero-order valence-corrected chi connectivity index (χ0v) is 10.7. The number of halogens is 2. The maximum atomic E-state index is 13.5. The largest absolute Gasteiger partial charge is 0.374 e. The van der Waals surface area contributed by atoms with Gasteiger partial charge in [0, 0.05) is 30.3 Å². The summed E-state index contributed by atoms with van der Waals surface area (Å²) in [7, 11) is 0. The predicted molar refractivity (Wildman–Crippen MR) is 66.7 cm³/mol. The van der Waals surface area contributed by atoms with Gasteiger partial charge in [-0.25, -0.2) is 4.39 Å². The molecular weight excluding hydrogens is 241 g/mol. The van der Waals surface area contributed by atoms with Crippen LogP contribution in [0.1, 0.15) is 25.3 Å². The number of hydrogen-bond donors (Lipinski definition) is 1. The average Bonchev–Trinajstić information content (AvgIpc) is 2.69. The Morgan fingerprint density at radius 2 is 2.35 bits per heavy atom. The van der Waals surface area contributed by atoms with E-state index in [1.165, 1.54) is 6.07 Å². The molecule has 0 spiro atoms. The molecule has 1 saturated heterocycles. The minimum Gasteiger partial charge on any atom is -0.374 e. The molecule has 4 heteroatoms. The summed E-state index contributed by atoms with van der Waals surface area (Å²) >= 11 is 5.70. The Morgan fingerprint density at radius 1 is 1.53 bits per heavy atom. The summed E-state index contributed by atoms with van der Waals surface area (Å²) in [5, 5.41) is 3.66. The second-order valence-electron chi connectivity index (χ2n) is 4.74. The van der Waals surface area contributed by atoms with Crippen molar-refractivity contribution in [3.8, 4) is 0 Å². The van der Waals surface area contributed by atoms with Gasteiger partial charge in [0.05, 0.1) is 5.60 Å². The van der Waals surface area contributed by atoms with E-state index < -0.39 is 0 Å². The van der Waals surface area contributed by atoms with Gasteiger partial charge in [-0.1, -0.05) is 17.7 Å². The number of nitrogens with one attached hydrogen (secondary N) is 1. The summed E-state index contributed by atoms with van der Waals surface area (Å²) in [4.78, 5) is 0. The third kappa shape index (κ3) is 3.41. The van der Waals surface area contributed by atoms with Crippen molar-refractivity contribution in [2.45, 2.75) is 31.9 Å². The van der Waals surface area contributed by atoms with Crippen molar-refractivity contribution in [2.24, 2.45) is 0 Å². The zero-order valence-electron chi connectivity index (χ0n) is 9.93. The van der Waals surface area contributed by atoms with Crippen molar-refractivity contribution in [1.82, 2.24) is 5.32 Å². The van der Waals surface area contributed by atoms with E-state index in [1.54, 1.807) is 12.1 Å². The first-order chi connectivity index (χ1) is 8.09. The Balaban J connectivity index is 1.85. The normalized spacial score (nSPS) is 24.2. The number of rotatable bonds is 4. The van der Waals surface area contributed by atoms with Gasteiger partial charge in [0.2, 0.25) is 0 Å². The molecule has 0 bridgehead atoms. The summed E-state index contributed by atoms with van der Waals surface area (Å²) in [5.74, 6) is -0.262. The van der Waals surface area contributed by atoms with Gasteiger partial charge in [0.1, 0.15) is 5.82 Å². The molecule has 1 N–H and O–H groups in total. The third-order valence-electron chi connectivity index (χ3n) is 3.13. The van der Waals surface area contributed by atoms with Gasteiger partial charge >= 0.3 is 0 Å². The van der Waals surface area contributed by atoms with Crippen LogP contribution in [0.4, 0.5) is 4.39 Å². The van der Waals surface area contributed by atoms with E-state index in [-0.39, 0.29) is 11.4 Å². The number of benzene rings is 1. The highest BCUT2D eigenvalue weighted by atomic mass is 35.5. The molecule has 0 aliphatic carbocycles. The highest BCUT2D eigenvalue weighted by molar-refractivity contribution is 6.30. The molecule has 1 aliphatic heterocycles. The van der Waals surface area contributed by atoms with Crippen LogP contribution in [0, 0.1) is 5.82 Å². The van der Waals surface area contributed by atoms with Crippen LogP contribution in [0.3, 0.4) is 0 Å². The molecule has 94 valence electrons. The lowest BCUT2D eigenvalue weighted by Gasteiger charge is -2.23. The summed E-state index contributed by atoms with van der Waals surface area (Å²) < 4.78 is 19.1. The lowest BCUT2D eigenvalue weighted by Crippen LogP contribution is -2.36. The van der Waals surface area contributed by atoms with Crippen LogP contribution in [-0.2, 0) is 11.3 Å². The molecule has 1 unspecified atom stereocenters. The molecular formula is C13H17ClFNO. The fourth-order valence-electron chi connectivity index (χ4n) is 2.10. The van der Waals surface area contributed by atoms with E-state index in [9.17, 15) is 4.39 Å². The van der Waals surface area contributed by atoms with Crippen LogP contribution in [0.2, 0.25) is 5.02 Å². The number of hydrogen-bond acceptors (Lipinski definition) is 2. The van der Waals surface area contributed by atoms with Gasteiger partial charge < -0.3 is 10.1 Å². The van der Waals surface area contributed by atoms with Gasteiger partial charge in [-0.15, -0.1) is 0 Å². The Kier molecular flexibility index (Phi) is 4.02. The highest BCUT2D eigenvalue weighted by Crippen LogP contribution is 2.24. The molecule has 17 heavy (non-hydrogen) atoms. The van der Waals surface area contributed by atoms with E-state index in [2.05, 4.69) is 12.2 Å². The lowest BCUT2D eigenvalue weighted by atomic mass is 10.0. The Labute approximate surface area is 106 Å². The van der Waals surface area contributed by atoms with Gasteiger partial charge in [0.15, 0.2) is 0 Å². The Hall–Kier alpha value is -0.640. The van der Waals surface area contributed by atoms with Crippen LogP contribution in [0.5, 0.6) is 0 Å². The van der Waals surface area contributed by atoms with Crippen LogP contribution < -0.4 is 5.32 Å². The van der Waals surface area contributed by atoms with E-state index in [1.807, 2.05) is 0 Å². The predicted octanol–water partition coefficient (Wildman–Crippen LogP) is 3.14. The van der Waals surface area contributed by atoms with Gasteiger partial charge in [-0.05, 0) is 31.9 Å². The molecule has 2 rings (SSSR count). The highest BCUT2D eigenvalue weighted by Gasteiger charge is 2.28. The van der Waals surface area contributed by atoms with E-state index in [4.69, 9.17) is 16.3 Å².